The van der Waals surface area contributed by atoms with Crippen LogP contribution < -0.4 is 0 Å². The van der Waals surface area contributed by atoms with Crippen molar-refractivity contribution >= 4 is 16.8 Å². The van der Waals surface area contributed by atoms with Gasteiger partial charge in [0, 0.05) is 30.9 Å². The van der Waals surface area contributed by atoms with E-state index in [0.29, 0.717) is 11.5 Å². The maximum atomic E-state index is 12.9. The Kier molecular flexibility index (Phi) is 4.61. The summed E-state index contributed by atoms with van der Waals surface area (Å²) in [5.41, 5.74) is 3.70. The summed E-state index contributed by atoms with van der Waals surface area (Å²) in [7, 11) is 0. The van der Waals surface area contributed by atoms with Crippen LogP contribution in [0.2, 0.25) is 0 Å². The van der Waals surface area contributed by atoms with Gasteiger partial charge in [0.05, 0.1) is 16.8 Å². The number of carbonyl (C=O) groups is 1. The Morgan fingerprint density at radius 1 is 1.23 bits per heavy atom. The zero-order chi connectivity index (χ0) is 17.9. The summed E-state index contributed by atoms with van der Waals surface area (Å²) in [5.74, 6) is 0.510. The maximum Gasteiger partial charge on any atom is 0.257 e. The fourth-order valence-corrected chi connectivity index (χ4v) is 3.84. The first kappa shape index (κ1) is 16.6. The highest BCUT2D eigenvalue weighted by Gasteiger charge is 2.26. The molecule has 4 rings (SSSR count). The first-order valence-corrected chi connectivity index (χ1v) is 9.11. The molecule has 132 valence electrons. The van der Waals surface area contributed by atoms with Gasteiger partial charge in [0.25, 0.3) is 5.91 Å². The maximum absolute atomic E-state index is 12.9. The quantitative estimate of drug-likeness (QED) is 0.729. The smallest absolute Gasteiger partial charge is 0.257 e. The molecule has 0 spiro atoms. The van der Waals surface area contributed by atoms with Gasteiger partial charge in [-0.15, -0.1) is 0 Å². The van der Waals surface area contributed by atoms with Crippen LogP contribution in [0.1, 0.15) is 34.5 Å². The number of hydrogen-bond acceptors (Lipinski definition) is 4. The van der Waals surface area contributed by atoms with Gasteiger partial charge in [0.1, 0.15) is 6.33 Å². The molecule has 5 heteroatoms. The lowest BCUT2D eigenvalue weighted by Gasteiger charge is -2.33. The van der Waals surface area contributed by atoms with Gasteiger partial charge in [0.15, 0.2) is 0 Å². The lowest BCUT2D eigenvalue weighted by atomic mass is 9.89. The number of amides is 1. The van der Waals surface area contributed by atoms with Gasteiger partial charge in [-0.1, -0.05) is 18.2 Å². The second kappa shape index (κ2) is 7.20. The molecular formula is C21H22N4O. The van der Waals surface area contributed by atoms with Gasteiger partial charge >= 0.3 is 0 Å². The molecule has 1 unspecified atom stereocenters. The average molecular weight is 346 g/mol. The third kappa shape index (κ3) is 3.29. The Morgan fingerprint density at radius 2 is 2.15 bits per heavy atom. The Labute approximate surface area is 153 Å². The predicted molar refractivity (Wildman–Crippen MR) is 101 cm³/mol. The van der Waals surface area contributed by atoms with E-state index >= 15 is 0 Å². The second-order valence-electron chi connectivity index (χ2n) is 6.97. The largest absolute Gasteiger partial charge is 0.338 e. The van der Waals surface area contributed by atoms with E-state index in [9.17, 15) is 4.79 Å². The summed E-state index contributed by atoms with van der Waals surface area (Å²) in [6.45, 7) is 3.45. The highest BCUT2D eigenvalue weighted by atomic mass is 16.2. The third-order valence-electron chi connectivity index (χ3n) is 5.19. The minimum absolute atomic E-state index is 0.0485. The molecule has 0 bridgehead atoms. The zero-order valence-electron chi connectivity index (χ0n) is 14.9. The standard InChI is InChI=1S/C21H22N4O/c1-15-19(12-22-14-24-15)21(26)25-10-4-5-16(13-25)11-17-6-2-8-20-18(17)7-3-9-23-20/h2-3,6-9,12,14,16H,4-5,10-11,13H2,1H3. The molecule has 5 nitrogen and oxygen atoms in total. The van der Waals surface area contributed by atoms with Crippen molar-refractivity contribution in [2.45, 2.75) is 26.2 Å². The van der Waals surface area contributed by atoms with Crippen molar-refractivity contribution in [1.82, 2.24) is 19.9 Å². The molecule has 1 atom stereocenters. The number of aromatic nitrogens is 3. The lowest BCUT2D eigenvalue weighted by Crippen LogP contribution is -2.40. The first-order valence-electron chi connectivity index (χ1n) is 9.11. The van der Waals surface area contributed by atoms with E-state index in [1.165, 1.54) is 17.3 Å². The van der Waals surface area contributed by atoms with Crippen LogP contribution in [0.3, 0.4) is 0 Å². The summed E-state index contributed by atoms with van der Waals surface area (Å²) in [4.78, 5) is 27.4. The molecule has 3 heterocycles. The summed E-state index contributed by atoms with van der Waals surface area (Å²) < 4.78 is 0. The number of hydrogen-bond donors (Lipinski definition) is 0. The van der Waals surface area contributed by atoms with Crippen molar-refractivity contribution in [3.63, 3.8) is 0 Å². The lowest BCUT2D eigenvalue weighted by molar-refractivity contribution is 0.0672. The molecule has 0 radical (unpaired) electrons. The summed E-state index contributed by atoms with van der Waals surface area (Å²) in [6, 6.07) is 10.4. The number of likely N-dealkylation sites (tertiary alicyclic amines) is 1. The fraction of sp³-hybridized carbons (Fsp3) is 0.333. The van der Waals surface area contributed by atoms with Crippen molar-refractivity contribution in [3.8, 4) is 0 Å². The molecule has 1 aromatic carbocycles. The van der Waals surface area contributed by atoms with Crippen LogP contribution in [-0.4, -0.2) is 38.8 Å². The number of rotatable bonds is 3. The highest BCUT2D eigenvalue weighted by molar-refractivity contribution is 5.95. The van der Waals surface area contributed by atoms with E-state index in [2.05, 4.69) is 33.2 Å². The van der Waals surface area contributed by atoms with Gasteiger partial charge in [0.2, 0.25) is 0 Å². The second-order valence-corrected chi connectivity index (χ2v) is 6.97. The molecule has 1 aliphatic rings. The van der Waals surface area contributed by atoms with Crippen LogP contribution in [0.4, 0.5) is 0 Å². The highest BCUT2D eigenvalue weighted by Crippen LogP contribution is 2.26. The minimum Gasteiger partial charge on any atom is -0.338 e. The monoisotopic (exact) mass is 346 g/mol. The van der Waals surface area contributed by atoms with Crippen LogP contribution in [-0.2, 0) is 6.42 Å². The molecule has 1 saturated heterocycles. The van der Waals surface area contributed by atoms with Crippen molar-refractivity contribution < 1.29 is 4.79 Å². The number of aryl methyl sites for hydroxylation is 1. The van der Waals surface area contributed by atoms with Crippen LogP contribution >= 0.6 is 0 Å². The Hall–Kier alpha value is -2.82. The van der Waals surface area contributed by atoms with Crippen molar-refractivity contribution in [2.75, 3.05) is 13.1 Å². The number of pyridine rings is 1. The molecule has 1 fully saturated rings. The summed E-state index contributed by atoms with van der Waals surface area (Å²) in [5, 5.41) is 1.21. The van der Waals surface area contributed by atoms with Crippen LogP contribution in [0.15, 0.2) is 49.1 Å². The SMILES string of the molecule is Cc1ncncc1C(=O)N1CCCC(Cc2cccc3ncccc23)C1. The first-order chi connectivity index (χ1) is 12.7. The van der Waals surface area contributed by atoms with Gasteiger partial charge < -0.3 is 4.90 Å². The van der Waals surface area contributed by atoms with Crippen LogP contribution in [0.25, 0.3) is 10.9 Å². The van der Waals surface area contributed by atoms with Gasteiger partial charge in [-0.3, -0.25) is 9.78 Å². The zero-order valence-corrected chi connectivity index (χ0v) is 14.9. The van der Waals surface area contributed by atoms with E-state index in [-0.39, 0.29) is 5.91 Å². The normalized spacial score (nSPS) is 17.4. The Morgan fingerprint density at radius 3 is 3.04 bits per heavy atom. The van der Waals surface area contributed by atoms with Gasteiger partial charge in [-0.2, -0.15) is 0 Å². The number of carbonyl (C=O) groups excluding carboxylic acids is 1. The van der Waals surface area contributed by atoms with E-state index in [1.54, 1.807) is 6.20 Å². The molecule has 0 saturated carbocycles. The Bertz CT molecular complexity index is 935. The molecule has 3 aromatic rings. The Balaban J connectivity index is 1.52. The van der Waals surface area contributed by atoms with E-state index < -0.39 is 0 Å². The molecule has 26 heavy (non-hydrogen) atoms. The molecular weight excluding hydrogens is 324 g/mol. The molecule has 0 N–H and O–H groups in total. The van der Waals surface area contributed by atoms with Crippen LogP contribution in [0, 0.1) is 12.8 Å². The average Bonchev–Trinajstić information content (AvgIpc) is 2.68. The van der Waals surface area contributed by atoms with Crippen molar-refractivity contribution in [3.05, 3.63) is 65.9 Å². The van der Waals surface area contributed by atoms with E-state index in [1.807, 2.05) is 30.2 Å². The molecule has 2 aromatic heterocycles. The number of fused-ring (bicyclic) bond motifs is 1. The minimum atomic E-state index is 0.0485. The fourth-order valence-electron chi connectivity index (χ4n) is 3.84. The number of piperidine rings is 1. The molecule has 1 amide bonds. The summed E-state index contributed by atoms with van der Waals surface area (Å²) in [6.07, 6.45) is 8.09. The summed E-state index contributed by atoms with van der Waals surface area (Å²) >= 11 is 0. The topological polar surface area (TPSA) is 59.0 Å². The molecule has 1 aliphatic heterocycles. The van der Waals surface area contributed by atoms with E-state index in [0.717, 1.165) is 43.6 Å². The van der Waals surface area contributed by atoms with Crippen molar-refractivity contribution in [2.24, 2.45) is 5.92 Å². The van der Waals surface area contributed by atoms with E-state index in [4.69, 9.17) is 0 Å². The van der Waals surface area contributed by atoms with Crippen molar-refractivity contribution in [1.29, 1.82) is 0 Å². The predicted octanol–water partition coefficient (Wildman–Crippen LogP) is 3.43. The molecule has 0 aliphatic carbocycles. The van der Waals surface area contributed by atoms with Gasteiger partial charge in [-0.05, 0) is 49.8 Å². The van der Waals surface area contributed by atoms with Gasteiger partial charge in [-0.25, -0.2) is 9.97 Å². The number of nitrogens with zero attached hydrogens (tertiary/aromatic N) is 4. The van der Waals surface area contributed by atoms with Crippen LogP contribution in [0.5, 0.6) is 0 Å². The number of benzene rings is 1. The third-order valence-corrected chi connectivity index (χ3v) is 5.19.